The third-order valence-electron chi connectivity index (χ3n) is 3.47. The molecule has 9 heteroatoms. The number of aliphatic carboxylic acids is 1. The van der Waals surface area contributed by atoms with Gasteiger partial charge in [0.15, 0.2) is 0 Å². The molecule has 0 unspecified atom stereocenters. The van der Waals surface area contributed by atoms with E-state index < -0.39 is 42.5 Å². The van der Waals surface area contributed by atoms with Crippen LogP contribution in [0.1, 0.15) is 67.9 Å². The molecular formula is C22H36NO7P. The lowest BCUT2D eigenvalue weighted by Crippen LogP contribution is -2.44. The number of carbonyl (C=O) groups excluding carboxylic acids is 1. The van der Waals surface area contributed by atoms with Gasteiger partial charge in [0.2, 0.25) is 0 Å². The first-order valence-electron chi connectivity index (χ1n) is 10.1. The molecule has 0 bridgehead atoms. The third kappa shape index (κ3) is 10.3. The van der Waals surface area contributed by atoms with Crippen LogP contribution in [0, 0.1) is 0 Å². The van der Waals surface area contributed by atoms with Crippen molar-refractivity contribution in [3.8, 4) is 0 Å². The first-order valence-corrected chi connectivity index (χ1v) is 11.7. The zero-order valence-corrected chi connectivity index (χ0v) is 20.8. The van der Waals surface area contributed by atoms with Crippen molar-refractivity contribution in [2.45, 2.75) is 91.6 Å². The lowest BCUT2D eigenvalue weighted by Gasteiger charge is -2.32. The van der Waals surface area contributed by atoms with Gasteiger partial charge >= 0.3 is 19.7 Å². The van der Waals surface area contributed by atoms with Crippen molar-refractivity contribution in [2.75, 3.05) is 0 Å². The molecular weight excluding hydrogens is 421 g/mol. The number of amides is 1. The molecule has 8 nitrogen and oxygen atoms in total. The van der Waals surface area contributed by atoms with Gasteiger partial charge in [0, 0.05) is 6.42 Å². The molecule has 2 N–H and O–H groups in total. The Morgan fingerprint density at radius 3 is 1.71 bits per heavy atom. The summed E-state index contributed by atoms with van der Waals surface area (Å²) in [6, 6.07) is 5.31. The standard InChI is InChI=1S/C22H36NO7P/c1-20(2,3)28-19(26)23-17(18(24)25)14-15-10-12-16(13-11-15)31(27,29-21(4,5)6)30-22(7,8)9/h10-13,17H,14H2,1-9H3,(H,23,26)(H,24,25)/t17-/m0/s1. The Labute approximate surface area is 185 Å². The minimum absolute atomic E-state index is 0.0272. The van der Waals surface area contributed by atoms with Gasteiger partial charge in [-0.1, -0.05) is 12.1 Å². The minimum atomic E-state index is -3.64. The summed E-state index contributed by atoms with van der Waals surface area (Å²) in [6.07, 6.45) is -0.780. The largest absolute Gasteiger partial charge is 0.480 e. The quantitative estimate of drug-likeness (QED) is 0.573. The van der Waals surface area contributed by atoms with E-state index in [2.05, 4.69) is 5.32 Å². The van der Waals surface area contributed by atoms with Crippen LogP contribution >= 0.6 is 7.60 Å². The average Bonchev–Trinajstić information content (AvgIpc) is 2.49. The molecule has 0 fully saturated rings. The van der Waals surface area contributed by atoms with Gasteiger partial charge in [-0.15, -0.1) is 0 Å². The summed E-state index contributed by atoms with van der Waals surface area (Å²) in [4.78, 5) is 23.5. The molecule has 1 rings (SSSR count). The number of ether oxygens (including phenoxy) is 1. The number of nitrogens with one attached hydrogen (secondary N) is 1. The normalized spacial score (nSPS) is 14.1. The lowest BCUT2D eigenvalue weighted by molar-refractivity contribution is -0.139. The smallest absolute Gasteiger partial charge is 0.408 e. The molecule has 1 amide bonds. The molecule has 0 radical (unpaired) electrons. The Morgan fingerprint density at radius 2 is 1.35 bits per heavy atom. The summed E-state index contributed by atoms with van der Waals surface area (Å²) in [5.74, 6) is -1.19. The molecule has 31 heavy (non-hydrogen) atoms. The van der Waals surface area contributed by atoms with Gasteiger partial charge in [-0.2, -0.15) is 0 Å². The van der Waals surface area contributed by atoms with E-state index in [1.54, 1.807) is 86.6 Å². The highest BCUT2D eigenvalue weighted by atomic mass is 31.2. The van der Waals surface area contributed by atoms with Crippen molar-refractivity contribution < 1.29 is 33.0 Å². The fraction of sp³-hybridized carbons (Fsp3) is 0.636. The fourth-order valence-corrected chi connectivity index (χ4v) is 4.75. The second-order valence-corrected chi connectivity index (χ2v) is 12.2. The monoisotopic (exact) mass is 457 g/mol. The summed E-state index contributed by atoms with van der Waals surface area (Å²) in [7, 11) is -3.64. The van der Waals surface area contributed by atoms with E-state index in [-0.39, 0.29) is 6.42 Å². The maximum Gasteiger partial charge on any atom is 0.408 e. The van der Waals surface area contributed by atoms with Crippen molar-refractivity contribution in [3.05, 3.63) is 29.8 Å². The van der Waals surface area contributed by atoms with E-state index in [4.69, 9.17) is 13.8 Å². The van der Waals surface area contributed by atoms with E-state index in [9.17, 15) is 19.3 Å². The van der Waals surface area contributed by atoms with Gasteiger partial charge < -0.3 is 15.2 Å². The third-order valence-corrected chi connectivity index (χ3v) is 5.98. The zero-order chi connectivity index (χ0) is 24.3. The summed E-state index contributed by atoms with van der Waals surface area (Å²) >= 11 is 0. The summed E-state index contributed by atoms with van der Waals surface area (Å²) in [5.41, 5.74) is -1.52. The predicted molar refractivity (Wildman–Crippen MR) is 120 cm³/mol. The van der Waals surface area contributed by atoms with E-state index in [0.717, 1.165) is 0 Å². The Hall–Kier alpha value is -1.89. The Balaban J connectivity index is 3.07. The summed E-state index contributed by atoms with van der Waals surface area (Å²) < 4.78 is 30.3. The lowest BCUT2D eigenvalue weighted by atomic mass is 10.1. The number of carboxylic acids is 1. The van der Waals surface area contributed by atoms with Gasteiger partial charge in [-0.25, -0.2) is 9.59 Å². The molecule has 0 aromatic heterocycles. The molecule has 0 spiro atoms. The van der Waals surface area contributed by atoms with E-state index >= 15 is 0 Å². The van der Waals surface area contributed by atoms with Crippen molar-refractivity contribution in [2.24, 2.45) is 0 Å². The van der Waals surface area contributed by atoms with Crippen LogP contribution in [0.2, 0.25) is 0 Å². The van der Waals surface area contributed by atoms with Crippen LogP contribution in [0.4, 0.5) is 4.79 Å². The van der Waals surface area contributed by atoms with Gasteiger partial charge in [-0.05, 0) is 80.0 Å². The van der Waals surface area contributed by atoms with Crippen molar-refractivity contribution in [3.63, 3.8) is 0 Å². The van der Waals surface area contributed by atoms with Crippen LogP contribution in [0.25, 0.3) is 0 Å². The van der Waals surface area contributed by atoms with Gasteiger partial charge in [0.25, 0.3) is 0 Å². The van der Waals surface area contributed by atoms with Crippen LogP contribution in [0.5, 0.6) is 0 Å². The molecule has 0 aliphatic carbocycles. The Morgan fingerprint density at radius 1 is 0.903 bits per heavy atom. The number of benzene rings is 1. The Bertz CT molecular complexity index is 794. The van der Waals surface area contributed by atoms with E-state index in [1.165, 1.54) is 0 Å². The van der Waals surface area contributed by atoms with Gasteiger partial charge in [0.05, 0.1) is 16.5 Å². The van der Waals surface area contributed by atoms with Crippen molar-refractivity contribution in [1.82, 2.24) is 5.32 Å². The summed E-state index contributed by atoms with van der Waals surface area (Å²) in [5, 5.41) is 12.2. The molecule has 1 atom stereocenters. The van der Waals surface area contributed by atoms with Crippen LogP contribution in [0.3, 0.4) is 0 Å². The van der Waals surface area contributed by atoms with E-state index in [1.807, 2.05) is 0 Å². The van der Waals surface area contributed by atoms with Gasteiger partial charge in [0.1, 0.15) is 11.6 Å². The number of rotatable bonds is 7. The van der Waals surface area contributed by atoms with Crippen LogP contribution in [0.15, 0.2) is 24.3 Å². The second-order valence-electron chi connectivity index (χ2n) is 10.3. The first-order chi connectivity index (χ1) is 13.8. The topological polar surface area (TPSA) is 111 Å². The number of alkyl carbamates (subject to hydrolysis) is 1. The Kier molecular flexibility index (Phi) is 8.51. The zero-order valence-electron chi connectivity index (χ0n) is 19.9. The highest BCUT2D eigenvalue weighted by molar-refractivity contribution is 7.62. The SMILES string of the molecule is CC(C)(C)OC(=O)N[C@@H](Cc1ccc(P(=O)(OC(C)(C)C)OC(C)(C)C)cc1)C(=O)O. The number of hydrogen-bond acceptors (Lipinski definition) is 6. The molecule has 0 aliphatic heterocycles. The molecule has 0 heterocycles. The maximum absolute atomic E-state index is 13.6. The number of carboxylic acid groups (broad SMARTS) is 1. The molecule has 1 aromatic rings. The summed E-state index contributed by atoms with van der Waals surface area (Å²) in [6.45, 7) is 15.8. The molecule has 1 aromatic carbocycles. The van der Waals surface area contributed by atoms with E-state index in [0.29, 0.717) is 10.9 Å². The highest BCUT2D eigenvalue weighted by Crippen LogP contribution is 2.53. The van der Waals surface area contributed by atoms with Crippen LogP contribution in [-0.2, 0) is 29.6 Å². The molecule has 0 aliphatic rings. The maximum atomic E-state index is 13.6. The number of hydrogen-bond donors (Lipinski definition) is 2. The average molecular weight is 458 g/mol. The fourth-order valence-electron chi connectivity index (χ4n) is 2.55. The van der Waals surface area contributed by atoms with Crippen LogP contribution in [-0.4, -0.2) is 40.0 Å². The van der Waals surface area contributed by atoms with Gasteiger partial charge in [-0.3, -0.25) is 13.6 Å². The second kappa shape index (κ2) is 9.72. The minimum Gasteiger partial charge on any atom is -0.480 e. The highest BCUT2D eigenvalue weighted by Gasteiger charge is 2.37. The first kappa shape index (κ1) is 27.1. The molecule has 0 saturated carbocycles. The predicted octanol–water partition coefficient (Wildman–Crippen LogP) is 4.66. The van der Waals surface area contributed by atoms with Crippen molar-refractivity contribution in [1.29, 1.82) is 0 Å². The van der Waals surface area contributed by atoms with Crippen molar-refractivity contribution >= 4 is 25.0 Å². The van der Waals surface area contributed by atoms with Crippen LogP contribution < -0.4 is 10.6 Å². The number of carbonyl (C=O) groups is 2. The molecule has 0 saturated heterocycles. The molecule has 176 valence electrons.